The summed E-state index contributed by atoms with van der Waals surface area (Å²) in [5.41, 5.74) is 9.27. The Morgan fingerprint density at radius 3 is 2.72 bits per heavy atom. The molecule has 0 atom stereocenters. The van der Waals surface area contributed by atoms with Gasteiger partial charge in [-0.3, -0.25) is 10.2 Å². The maximum Gasteiger partial charge on any atom is 0.296 e. The van der Waals surface area contributed by atoms with Crippen LogP contribution in [0.5, 0.6) is 0 Å². The van der Waals surface area contributed by atoms with E-state index in [0.29, 0.717) is 38.8 Å². The van der Waals surface area contributed by atoms with Crippen LogP contribution in [0.25, 0.3) is 0 Å². The summed E-state index contributed by atoms with van der Waals surface area (Å²) in [4.78, 5) is 16.6. The van der Waals surface area contributed by atoms with Gasteiger partial charge in [-0.1, -0.05) is 18.2 Å². The van der Waals surface area contributed by atoms with Crippen molar-refractivity contribution in [2.24, 2.45) is 0 Å². The molecule has 1 aromatic heterocycles. The Balaban J connectivity index is 1.89. The molecule has 142 valence electrons. The molecule has 0 saturated heterocycles. The molecule has 0 aliphatic carbocycles. The van der Waals surface area contributed by atoms with E-state index in [-0.39, 0.29) is 11.4 Å². The van der Waals surface area contributed by atoms with E-state index in [1.54, 1.807) is 55.5 Å². The van der Waals surface area contributed by atoms with Crippen molar-refractivity contribution in [2.75, 3.05) is 11.1 Å². The Kier molecular flexibility index (Phi) is 5.71. The van der Waals surface area contributed by atoms with Gasteiger partial charge in [0.05, 0.1) is 11.3 Å². The number of nitrogens with two attached hydrogens (primary N) is 1. The summed E-state index contributed by atoms with van der Waals surface area (Å²) in [5.74, 6) is -0.425. The summed E-state index contributed by atoms with van der Waals surface area (Å²) in [6.45, 7) is 1.71. The van der Waals surface area contributed by atoms with Crippen LogP contribution in [0.4, 0.5) is 11.4 Å². The quantitative estimate of drug-likeness (QED) is 0.342. The van der Waals surface area contributed by atoms with Gasteiger partial charge in [0.2, 0.25) is 0 Å². The van der Waals surface area contributed by atoms with E-state index in [0.717, 1.165) is 0 Å². The molecule has 0 aliphatic heterocycles. The fourth-order valence-electron chi connectivity index (χ4n) is 2.84. The first-order valence-corrected chi connectivity index (χ1v) is 9.70. The van der Waals surface area contributed by atoms with Crippen LogP contribution in [0.1, 0.15) is 32.7 Å². The first-order chi connectivity index (χ1) is 13.9. The number of nitrogen functional groups attached to an aromatic ring is 1. The van der Waals surface area contributed by atoms with E-state index >= 15 is 0 Å². The lowest BCUT2D eigenvalue weighted by molar-refractivity contribution is 0.102. The Morgan fingerprint density at radius 2 is 2.03 bits per heavy atom. The summed E-state index contributed by atoms with van der Waals surface area (Å²) in [6, 6.07) is 15.4. The zero-order chi connectivity index (χ0) is 21.0. The molecule has 7 nitrogen and oxygen atoms in total. The average molecular weight is 399 g/mol. The number of amides is 1. The van der Waals surface area contributed by atoms with Crippen LogP contribution >= 0.6 is 0 Å². The van der Waals surface area contributed by atoms with Gasteiger partial charge in [-0.05, 0) is 48.0 Å². The van der Waals surface area contributed by atoms with Gasteiger partial charge in [0.25, 0.3) is 15.3 Å². The number of nitrogens with one attached hydrogen (secondary N) is 2. The Bertz CT molecular complexity index is 1180. The molecule has 0 saturated carbocycles. The molecule has 1 amide bonds. The number of carbonyl (C=O) groups excluding carboxylic acids is 1. The van der Waals surface area contributed by atoms with Crippen molar-refractivity contribution in [2.45, 2.75) is 6.92 Å². The fraction of sp³-hybridized carbons (Fsp3) is 0.0476. The zero-order valence-electron chi connectivity index (χ0n) is 15.6. The average Bonchev–Trinajstić information content (AvgIpc) is 2.74. The number of benzene rings is 2. The molecule has 3 aromatic rings. The molecule has 8 heteroatoms. The normalized spacial score (nSPS) is 10.1. The number of nitrogens with zero attached hydrogens (tertiary/aromatic N) is 2. The minimum atomic E-state index is -1.09. The lowest BCUT2D eigenvalue weighted by atomic mass is 10.00. The van der Waals surface area contributed by atoms with Gasteiger partial charge in [0.15, 0.2) is 0 Å². The van der Waals surface area contributed by atoms with E-state index in [2.05, 4.69) is 10.3 Å². The van der Waals surface area contributed by atoms with Crippen molar-refractivity contribution >= 4 is 37.6 Å². The van der Waals surface area contributed by atoms with Crippen molar-refractivity contribution < 1.29 is 9.26 Å². The molecule has 1 heterocycles. The van der Waals surface area contributed by atoms with Crippen LogP contribution in [0.2, 0.25) is 0 Å². The second kappa shape index (κ2) is 8.37. The summed E-state index contributed by atoms with van der Waals surface area (Å²) in [5, 5.41) is 20.8. The van der Waals surface area contributed by atoms with Gasteiger partial charge in [-0.15, -0.1) is 0 Å². The number of aromatic nitrogens is 1. The number of nitriles is 1. The predicted molar refractivity (Wildman–Crippen MR) is 112 cm³/mol. The first-order valence-electron chi connectivity index (χ1n) is 8.65. The van der Waals surface area contributed by atoms with Crippen LogP contribution in [-0.2, 0) is 4.46 Å². The molecular weight excluding hydrogens is 382 g/mol. The van der Waals surface area contributed by atoms with Gasteiger partial charge in [-0.25, -0.2) is 4.98 Å². The van der Waals surface area contributed by atoms with Gasteiger partial charge in [0, 0.05) is 28.7 Å². The molecule has 29 heavy (non-hydrogen) atoms. The molecule has 0 unspecified atom stereocenters. The number of pyridine rings is 1. The molecule has 0 radical (unpaired) electrons. The highest BCUT2D eigenvalue weighted by Gasteiger charge is 2.14. The largest absolute Gasteiger partial charge is 0.398 e. The van der Waals surface area contributed by atoms with Crippen LogP contribution in [0.3, 0.4) is 0 Å². The number of aryl methyl sites for hydroxylation is 1. The standard InChI is InChI=1S/C21H17N5O2Si/c1-12-7-13(10-22)11-25-20(12)21(27)26-15-5-6-18(23)17(9-15)19(24)14-3-2-4-16(8-14)29-28/h2-9,11,24,29H,23H2,1H3,(H,26,27). The molecule has 0 spiro atoms. The van der Waals surface area contributed by atoms with Crippen molar-refractivity contribution in [3.8, 4) is 6.07 Å². The first kappa shape index (κ1) is 19.8. The summed E-state index contributed by atoms with van der Waals surface area (Å²) < 4.78 is 11.2. The molecule has 2 aromatic carbocycles. The predicted octanol–water partition coefficient (Wildman–Crippen LogP) is 1.92. The Morgan fingerprint density at radius 1 is 1.24 bits per heavy atom. The molecule has 0 fully saturated rings. The molecule has 0 bridgehead atoms. The second-order valence-corrected chi connectivity index (χ2v) is 7.28. The smallest absolute Gasteiger partial charge is 0.296 e. The third kappa shape index (κ3) is 4.31. The van der Waals surface area contributed by atoms with Crippen molar-refractivity contribution in [1.29, 1.82) is 10.7 Å². The van der Waals surface area contributed by atoms with Crippen LogP contribution < -0.4 is 16.2 Å². The van der Waals surface area contributed by atoms with Gasteiger partial charge in [-0.2, -0.15) is 5.26 Å². The van der Waals surface area contributed by atoms with Crippen LogP contribution in [0, 0.1) is 23.7 Å². The van der Waals surface area contributed by atoms with E-state index in [1.165, 1.54) is 6.20 Å². The van der Waals surface area contributed by atoms with Crippen molar-refractivity contribution in [1.82, 2.24) is 4.98 Å². The maximum atomic E-state index is 12.6. The maximum absolute atomic E-state index is 12.6. The topological polar surface area (TPSA) is 133 Å². The Hall–Kier alpha value is -3.96. The van der Waals surface area contributed by atoms with E-state index in [4.69, 9.17) is 16.4 Å². The fourth-order valence-corrected chi connectivity index (χ4v) is 3.27. The minimum absolute atomic E-state index is 0.168. The minimum Gasteiger partial charge on any atom is -0.398 e. The number of hydrogen-bond donors (Lipinski definition) is 3. The second-order valence-electron chi connectivity index (χ2n) is 6.38. The highest BCUT2D eigenvalue weighted by Crippen LogP contribution is 2.22. The zero-order valence-corrected chi connectivity index (χ0v) is 16.7. The lowest BCUT2D eigenvalue weighted by Crippen LogP contribution is -2.16. The van der Waals surface area contributed by atoms with E-state index in [9.17, 15) is 9.26 Å². The van der Waals surface area contributed by atoms with Crippen LogP contribution in [0.15, 0.2) is 54.7 Å². The number of rotatable bonds is 5. The number of hydrogen-bond acceptors (Lipinski definition) is 6. The lowest BCUT2D eigenvalue weighted by Gasteiger charge is -2.12. The molecule has 3 rings (SSSR count). The molecule has 0 aliphatic rings. The van der Waals surface area contributed by atoms with Crippen molar-refractivity contribution in [3.63, 3.8) is 0 Å². The van der Waals surface area contributed by atoms with Crippen LogP contribution in [-0.4, -0.2) is 26.0 Å². The highest BCUT2D eigenvalue weighted by molar-refractivity contribution is 6.39. The van der Waals surface area contributed by atoms with E-state index in [1.807, 2.05) is 6.07 Å². The van der Waals surface area contributed by atoms with E-state index < -0.39 is 15.3 Å². The van der Waals surface area contributed by atoms with Crippen molar-refractivity contribution in [3.05, 3.63) is 82.7 Å². The summed E-state index contributed by atoms with van der Waals surface area (Å²) in [6.07, 6.45) is 1.34. The van der Waals surface area contributed by atoms with Gasteiger partial charge < -0.3 is 15.5 Å². The number of anilines is 2. The highest BCUT2D eigenvalue weighted by atomic mass is 28.2. The molecular formula is C21H17N5O2Si. The number of carbonyl (C=O) groups is 1. The monoisotopic (exact) mass is 399 g/mol. The third-order valence-electron chi connectivity index (χ3n) is 4.31. The Labute approximate surface area is 169 Å². The summed E-state index contributed by atoms with van der Waals surface area (Å²) >= 11 is 0. The van der Waals surface area contributed by atoms with Gasteiger partial charge >= 0.3 is 0 Å². The molecule has 4 N–H and O–H groups in total. The van der Waals surface area contributed by atoms with Gasteiger partial charge in [0.1, 0.15) is 11.8 Å². The SMILES string of the molecule is Cc1cc(C#N)cnc1C(=O)Nc1ccc(N)c(C(=N)c2cccc([SiH]=O)c2)c1. The summed E-state index contributed by atoms with van der Waals surface area (Å²) in [7, 11) is -1.09. The third-order valence-corrected chi connectivity index (χ3v) is 4.95.